The van der Waals surface area contributed by atoms with Gasteiger partial charge in [-0.15, -0.1) is 0 Å². The summed E-state index contributed by atoms with van der Waals surface area (Å²) in [5, 5.41) is 0. The predicted molar refractivity (Wildman–Crippen MR) is 152 cm³/mol. The molecular formula is C35H46. The van der Waals surface area contributed by atoms with E-state index in [1.807, 2.05) is 0 Å². The largest absolute Gasteiger partial charge is 0.0764 e. The van der Waals surface area contributed by atoms with E-state index >= 15 is 0 Å². The Bertz CT molecular complexity index is 1200. The lowest BCUT2D eigenvalue weighted by atomic mass is 9.66. The molecule has 0 saturated heterocycles. The van der Waals surface area contributed by atoms with Gasteiger partial charge in [-0.2, -0.15) is 0 Å². The molecule has 0 spiro atoms. The quantitative estimate of drug-likeness (QED) is 0.352. The zero-order valence-electron chi connectivity index (χ0n) is 23.7. The lowest BCUT2D eigenvalue weighted by Crippen LogP contribution is -2.32. The van der Waals surface area contributed by atoms with Crippen molar-refractivity contribution in [3.8, 4) is 11.1 Å². The fraction of sp³-hybridized carbons (Fsp3) is 0.543. The molecule has 0 aliphatic heterocycles. The average molecular weight is 467 g/mol. The van der Waals surface area contributed by atoms with Crippen LogP contribution < -0.4 is 0 Å². The van der Waals surface area contributed by atoms with E-state index in [9.17, 15) is 0 Å². The van der Waals surface area contributed by atoms with E-state index in [1.54, 1.807) is 11.1 Å². The van der Waals surface area contributed by atoms with Crippen molar-refractivity contribution in [2.24, 2.45) is 11.3 Å². The molecule has 0 nitrogen and oxygen atoms in total. The van der Waals surface area contributed by atoms with Gasteiger partial charge in [0.25, 0.3) is 0 Å². The van der Waals surface area contributed by atoms with Gasteiger partial charge in [-0.25, -0.2) is 0 Å². The minimum Gasteiger partial charge on any atom is -0.0764 e. The summed E-state index contributed by atoms with van der Waals surface area (Å²) in [4.78, 5) is 0. The second-order valence-electron chi connectivity index (χ2n) is 14.7. The molecule has 0 heteroatoms. The molecule has 1 atom stereocenters. The Kier molecular flexibility index (Phi) is 5.60. The smallest absolute Gasteiger partial charge is 0.00538 e. The minimum atomic E-state index is 0.131. The maximum Gasteiger partial charge on any atom is 0.00538 e. The number of benzene rings is 2. The molecule has 0 heterocycles. The molecule has 3 aliphatic rings. The van der Waals surface area contributed by atoms with Gasteiger partial charge in [-0.1, -0.05) is 124 Å². The van der Waals surface area contributed by atoms with Gasteiger partial charge in [0.15, 0.2) is 0 Å². The maximum atomic E-state index is 2.64. The lowest BCUT2D eigenvalue weighted by molar-refractivity contribution is 0.371. The van der Waals surface area contributed by atoms with Gasteiger partial charge in [-0.05, 0) is 80.0 Å². The monoisotopic (exact) mass is 466 g/mol. The van der Waals surface area contributed by atoms with Crippen molar-refractivity contribution >= 4 is 0 Å². The first-order valence-corrected chi connectivity index (χ1v) is 13.9. The van der Waals surface area contributed by atoms with Crippen LogP contribution in [0.5, 0.6) is 0 Å². The number of hydrogen-bond donors (Lipinski definition) is 0. The third-order valence-corrected chi connectivity index (χ3v) is 9.13. The maximum absolute atomic E-state index is 2.64. The highest BCUT2D eigenvalue weighted by Gasteiger charge is 2.45. The van der Waals surface area contributed by atoms with Crippen LogP contribution in [0.15, 0.2) is 54.1 Å². The molecule has 2 aromatic carbocycles. The van der Waals surface area contributed by atoms with Crippen LogP contribution in [-0.2, 0) is 22.7 Å². The molecule has 1 unspecified atom stereocenters. The Morgan fingerprint density at radius 2 is 1.34 bits per heavy atom. The highest BCUT2D eigenvalue weighted by molar-refractivity contribution is 5.80. The molecule has 1 fully saturated rings. The number of allylic oxidation sites excluding steroid dienone is 4. The molecular weight excluding hydrogens is 420 g/mol. The van der Waals surface area contributed by atoms with E-state index in [4.69, 9.17) is 0 Å². The topological polar surface area (TPSA) is 0 Å². The first-order chi connectivity index (χ1) is 16.2. The summed E-state index contributed by atoms with van der Waals surface area (Å²) in [7, 11) is 0. The Balaban J connectivity index is 1.73. The molecule has 0 aromatic heterocycles. The standard InChI is InChI=1S/C35H46/c1-32(2,3)24-14-15-26(19-24)35(16-10-11-17-35)31-22-27(34(7,8)9)21-29-28-20-25(33(4,5)6)13-12-23(28)18-30(29)31/h12-15,19-22,26H,10-11,16-18H2,1-9H3. The molecule has 0 amide bonds. The summed E-state index contributed by atoms with van der Waals surface area (Å²) >= 11 is 0. The lowest BCUT2D eigenvalue weighted by Gasteiger charge is -2.38. The van der Waals surface area contributed by atoms with E-state index in [0.717, 1.165) is 6.42 Å². The van der Waals surface area contributed by atoms with Crippen molar-refractivity contribution in [2.45, 2.75) is 111 Å². The third-order valence-electron chi connectivity index (χ3n) is 9.13. The van der Waals surface area contributed by atoms with E-state index in [1.165, 1.54) is 59.1 Å². The average Bonchev–Trinajstić information content (AvgIpc) is 3.48. The molecule has 186 valence electrons. The predicted octanol–water partition coefficient (Wildman–Crippen LogP) is 9.82. The van der Waals surface area contributed by atoms with Gasteiger partial charge in [0, 0.05) is 11.3 Å². The van der Waals surface area contributed by atoms with E-state index in [2.05, 4.69) is 111 Å². The van der Waals surface area contributed by atoms with Crippen molar-refractivity contribution < 1.29 is 0 Å². The SMILES string of the molecule is CC(C)(C)C1=CC(C2(c3cc(C(C)(C)C)cc4c3Cc3ccc(C(C)(C)C)cc3-4)CCCC2)C=C1. The van der Waals surface area contributed by atoms with Gasteiger partial charge < -0.3 is 0 Å². The fourth-order valence-corrected chi connectivity index (χ4v) is 6.76. The van der Waals surface area contributed by atoms with Crippen molar-refractivity contribution in [3.05, 3.63) is 82.0 Å². The summed E-state index contributed by atoms with van der Waals surface area (Å²) in [5.74, 6) is 0.507. The summed E-state index contributed by atoms with van der Waals surface area (Å²) in [6.07, 6.45) is 14.0. The molecule has 3 aliphatic carbocycles. The normalized spacial score (nSPS) is 21.3. The van der Waals surface area contributed by atoms with E-state index in [0.29, 0.717) is 5.92 Å². The van der Waals surface area contributed by atoms with Gasteiger partial charge in [-0.3, -0.25) is 0 Å². The third kappa shape index (κ3) is 4.16. The van der Waals surface area contributed by atoms with Gasteiger partial charge >= 0.3 is 0 Å². The Hall–Kier alpha value is -2.08. The number of hydrogen-bond acceptors (Lipinski definition) is 0. The molecule has 0 N–H and O–H groups in total. The van der Waals surface area contributed by atoms with Crippen molar-refractivity contribution in [1.29, 1.82) is 0 Å². The highest BCUT2D eigenvalue weighted by atomic mass is 14.5. The zero-order chi connectivity index (χ0) is 25.4. The van der Waals surface area contributed by atoms with Gasteiger partial charge in [0.1, 0.15) is 0 Å². The first kappa shape index (κ1) is 24.6. The van der Waals surface area contributed by atoms with Crippen LogP contribution in [0.2, 0.25) is 0 Å². The van der Waals surface area contributed by atoms with Crippen molar-refractivity contribution in [1.82, 2.24) is 0 Å². The molecule has 1 saturated carbocycles. The summed E-state index contributed by atoms with van der Waals surface area (Å²) in [5.41, 5.74) is 13.0. The Labute approximate surface area is 214 Å². The van der Waals surface area contributed by atoms with Crippen LogP contribution in [0.1, 0.15) is 116 Å². The second kappa shape index (κ2) is 7.96. The number of fused-ring (bicyclic) bond motifs is 3. The highest BCUT2D eigenvalue weighted by Crippen LogP contribution is 2.55. The van der Waals surface area contributed by atoms with Crippen LogP contribution >= 0.6 is 0 Å². The molecule has 35 heavy (non-hydrogen) atoms. The van der Waals surface area contributed by atoms with E-state index in [-0.39, 0.29) is 21.7 Å². The van der Waals surface area contributed by atoms with Crippen LogP contribution in [-0.4, -0.2) is 0 Å². The van der Waals surface area contributed by atoms with E-state index < -0.39 is 0 Å². The summed E-state index contributed by atoms with van der Waals surface area (Å²) in [6.45, 7) is 21.2. The van der Waals surface area contributed by atoms with Crippen LogP contribution in [0.4, 0.5) is 0 Å². The fourth-order valence-electron chi connectivity index (χ4n) is 6.76. The molecule has 0 bridgehead atoms. The van der Waals surface area contributed by atoms with Crippen LogP contribution in [0.25, 0.3) is 11.1 Å². The summed E-state index contributed by atoms with van der Waals surface area (Å²) in [6, 6.07) is 12.5. The van der Waals surface area contributed by atoms with Crippen molar-refractivity contribution in [2.75, 3.05) is 0 Å². The van der Waals surface area contributed by atoms with Crippen LogP contribution in [0.3, 0.4) is 0 Å². The number of rotatable bonds is 2. The Morgan fingerprint density at radius 1 is 0.714 bits per heavy atom. The molecule has 5 rings (SSSR count). The van der Waals surface area contributed by atoms with Gasteiger partial charge in [0.2, 0.25) is 0 Å². The molecule has 2 aromatic rings. The zero-order valence-corrected chi connectivity index (χ0v) is 23.7. The van der Waals surface area contributed by atoms with Gasteiger partial charge in [0.05, 0.1) is 0 Å². The van der Waals surface area contributed by atoms with Crippen LogP contribution in [0, 0.1) is 11.3 Å². The Morgan fingerprint density at radius 3 is 1.91 bits per heavy atom. The second-order valence-corrected chi connectivity index (χ2v) is 14.7. The van der Waals surface area contributed by atoms with Crippen molar-refractivity contribution in [3.63, 3.8) is 0 Å². The summed E-state index contributed by atoms with van der Waals surface area (Å²) < 4.78 is 0. The first-order valence-electron chi connectivity index (χ1n) is 13.9. The molecule has 0 radical (unpaired) electrons. The minimum absolute atomic E-state index is 0.131.